The fourth-order valence-electron chi connectivity index (χ4n) is 2.23. The average molecular weight is 354 g/mol. The van der Waals surface area contributed by atoms with E-state index in [4.69, 9.17) is 31.5 Å². The van der Waals surface area contributed by atoms with Gasteiger partial charge in [0.15, 0.2) is 11.5 Å². The van der Waals surface area contributed by atoms with Crippen molar-refractivity contribution in [2.24, 2.45) is 0 Å². The van der Waals surface area contributed by atoms with Crippen LogP contribution in [0.5, 0.6) is 17.2 Å². The second-order valence-corrected chi connectivity index (χ2v) is 6.59. The average Bonchev–Trinajstić information content (AvgIpc) is 2.47. The predicted octanol–water partition coefficient (Wildman–Crippen LogP) is 3.11. The lowest BCUT2D eigenvalue weighted by Gasteiger charge is -2.21. The fourth-order valence-corrected chi connectivity index (χ4v) is 2.53. The van der Waals surface area contributed by atoms with Crippen LogP contribution in [-0.2, 0) is 10.2 Å². The summed E-state index contributed by atoms with van der Waals surface area (Å²) in [7, 11) is 2.84. The van der Waals surface area contributed by atoms with Gasteiger partial charge in [-0.3, -0.25) is 4.79 Å². The van der Waals surface area contributed by atoms with E-state index in [1.54, 1.807) is 0 Å². The van der Waals surface area contributed by atoms with Crippen molar-refractivity contribution < 1.29 is 19.0 Å². The highest BCUT2D eigenvalue weighted by Crippen LogP contribution is 2.50. The molecule has 1 heterocycles. The van der Waals surface area contributed by atoms with E-state index >= 15 is 0 Å². The summed E-state index contributed by atoms with van der Waals surface area (Å²) in [5.41, 5.74) is 6.11. The number of ether oxygens (including phenoxy) is 3. The third kappa shape index (κ3) is 3.03. The molecule has 0 saturated heterocycles. The largest absolute Gasteiger partial charge is 0.491 e. The van der Waals surface area contributed by atoms with Crippen LogP contribution in [0, 0.1) is 0 Å². The first kappa shape index (κ1) is 18.1. The molecule has 0 amide bonds. The zero-order valence-electron chi connectivity index (χ0n) is 14.5. The number of aromatic nitrogens is 2. The van der Waals surface area contributed by atoms with Gasteiger partial charge in [0.25, 0.3) is 0 Å². The van der Waals surface area contributed by atoms with Crippen LogP contribution in [0.15, 0.2) is 0 Å². The zero-order valence-corrected chi connectivity index (χ0v) is 15.2. The van der Waals surface area contributed by atoms with Gasteiger partial charge < -0.3 is 19.9 Å². The molecule has 0 aliphatic heterocycles. The number of benzene rings is 1. The Balaban J connectivity index is 3.00. The van der Waals surface area contributed by atoms with Crippen molar-refractivity contribution in [3.63, 3.8) is 0 Å². The van der Waals surface area contributed by atoms with Crippen LogP contribution in [0.4, 0.5) is 5.82 Å². The molecule has 1 aromatic carbocycles. The number of anilines is 1. The van der Waals surface area contributed by atoms with Gasteiger partial charge in [0.2, 0.25) is 5.75 Å². The Hall–Kier alpha value is -2.28. The molecule has 0 aliphatic carbocycles. The number of nitrogens with zero attached hydrogens (tertiary/aromatic N) is 2. The minimum Gasteiger partial charge on any atom is -0.491 e. The molecule has 0 spiro atoms. The smallest absolute Gasteiger partial charge is 0.308 e. The van der Waals surface area contributed by atoms with E-state index < -0.39 is 5.97 Å². The van der Waals surface area contributed by atoms with Crippen molar-refractivity contribution >= 4 is 34.3 Å². The van der Waals surface area contributed by atoms with E-state index in [1.807, 2.05) is 20.8 Å². The zero-order chi connectivity index (χ0) is 18.2. The molecule has 0 unspecified atom stereocenters. The normalized spacial score (nSPS) is 11.5. The molecule has 0 radical (unpaired) electrons. The molecular formula is C16H20ClN3O4. The number of hydrogen-bond donors (Lipinski definition) is 1. The molecule has 2 N–H and O–H groups in total. The maximum atomic E-state index is 11.5. The Bertz CT molecular complexity index is 816. The maximum Gasteiger partial charge on any atom is 0.308 e. The highest BCUT2D eigenvalue weighted by molar-refractivity contribution is 6.37. The topological polar surface area (TPSA) is 96.6 Å². The first-order valence-corrected chi connectivity index (χ1v) is 7.59. The minimum absolute atomic E-state index is 0.0826. The summed E-state index contributed by atoms with van der Waals surface area (Å²) in [6.45, 7) is 7.13. The summed E-state index contributed by atoms with van der Waals surface area (Å²) in [5, 5.41) is 0.515. The molecular weight excluding hydrogens is 334 g/mol. The van der Waals surface area contributed by atoms with Crippen molar-refractivity contribution in [1.29, 1.82) is 0 Å². The number of nitrogen functional groups attached to an aromatic ring is 1. The first-order chi connectivity index (χ1) is 11.1. The van der Waals surface area contributed by atoms with Gasteiger partial charge in [-0.15, -0.1) is 0 Å². The van der Waals surface area contributed by atoms with E-state index in [9.17, 15) is 4.79 Å². The third-order valence-electron chi connectivity index (χ3n) is 3.31. The van der Waals surface area contributed by atoms with Crippen molar-refractivity contribution in [1.82, 2.24) is 9.97 Å². The van der Waals surface area contributed by atoms with Gasteiger partial charge in [0.05, 0.1) is 19.6 Å². The lowest BCUT2D eigenvalue weighted by molar-refractivity contribution is -0.131. The number of halogens is 1. The number of carbonyl (C=O) groups is 1. The summed E-state index contributed by atoms with van der Waals surface area (Å²) in [6.07, 6.45) is 0. The number of esters is 1. The summed E-state index contributed by atoms with van der Waals surface area (Å²) in [5.74, 6) is 0.557. The Morgan fingerprint density at radius 2 is 1.67 bits per heavy atom. The van der Waals surface area contributed by atoms with Crippen LogP contribution < -0.4 is 19.9 Å². The Kier molecular flexibility index (Phi) is 4.75. The summed E-state index contributed by atoms with van der Waals surface area (Å²) >= 11 is 6.44. The lowest BCUT2D eigenvalue weighted by Crippen LogP contribution is -2.18. The van der Waals surface area contributed by atoms with E-state index in [-0.39, 0.29) is 33.5 Å². The predicted molar refractivity (Wildman–Crippen MR) is 92.1 cm³/mol. The van der Waals surface area contributed by atoms with Crippen LogP contribution in [-0.4, -0.2) is 30.2 Å². The van der Waals surface area contributed by atoms with Crippen LogP contribution in [0.3, 0.4) is 0 Å². The van der Waals surface area contributed by atoms with Crippen LogP contribution in [0.25, 0.3) is 10.9 Å². The number of methoxy groups -OCH3 is 2. The third-order valence-corrected chi connectivity index (χ3v) is 3.66. The molecule has 2 rings (SSSR count). The van der Waals surface area contributed by atoms with Gasteiger partial charge in [-0.2, -0.15) is 0 Å². The molecule has 8 heteroatoms. The van der Waals surface area contributed by atoms with E-state index in [0.29, 0.717) is 16.7 Å². The van der Waals surface area contributed by atoms with Crippen LogP contribution >= 0.6 is 11.6 Å². The molecule has 0 bridgehead atoms. The first-order valence-electron chi connectivity index (χ1n) is 7.21. The molecule has 0 fully saturated rings. The molecule has 0 aliphatic rings. The van der Waals surface area contributed by atoms with Crippen molar-refractivity contribution in [2.75, 3.05) is 20.0 Å². The molecule has 0 saturated carbocycles. The van der Waals surface area contributed by atoms with Gasteiger partial charge in [-0.25, -0.2) is 9.97 Å². The highest BCUT2D eigenvalue weighted by Gasteiger charge is 2.28. The van der Waals surface area contributed by atoms with Crippen molar-refractivity contribution in [2.45, 2.75) is 33.1 Å². The van der Waals surface area contributed by atoms with Gasteiger partial charge in [0.1, 0.15) is 22.2 Å². The van der Waals surface area contributed by atoms with Crippen LogP contribution in [0.2, 0.25) is 5.02 Å². The number of carbonyl (C=O) groups excluding carboxylic acids is 1. The second kappa shape index (κ2) is 6.32. The Morgan fingerprint density at radius 3 is 2.12 bits per heavy atom. The van der Waals surface area contributed by atoms with E-state index in [0.717, 1.165) is 0 Å². The van der Waals surface area contributed by atoms with Crippen molar-refractivity contribution in [3.8, 4) is 17.2 Å². The quantitative estimate of drug-likeness (QED) is 0.668. The summed E-state index contributed by atoms with van der Waals surface area (Å²) < 4.78 is 15.9. The Labute approximate surface area is 145 Å². The van der Waals surface area contributed by atoms with Crippen molar-refractivity contribution in [3.05, 3.63) is 10.8 Å². The molecule has 24 heavy (non-hydrogen) atoms. The maximum absolute atomic E-state index is 11.5. The summed E-state index contributed by atoms with van der Waals surface area (Å²) in [4.78, 5) is 20.4. The van der Waals surface area contributed by atoms with E-state index in [2.05, 4.69) is 9.97 Å². The minimum atomic E-state index is -0.543. The van der Waals surface area contributed by atoms with Gasteiger partial charge in [0, 0.05) is 12.3 Å². The standard InChI is InChI=1S/C16H20ClN3O4/c1-7(21)24-11-8-10(9(17)12(22-5)13(11)23-6)19-15(16(2,3)4)20-14(8)18/h1-6H3,(H2,18,19,20). The number of nitrogens with two attached hydrogens (primary N) is 1. The lowest BCUT2D eigenvalue weighted by atomic mass is 9.95. The Morgan fingerprint density at radius 1 is 1.08 bits per heavy atom. The summed E-state index contributed by atoms with van der Waals surface area (Å²) in [6, 6.07) is 0. The highest BCUT2D eigenvalue weighted by atomic mass is 35.5. The van der Waals surface area contributed by atoms with Gasteiger partial charge in [-0.05, 0) is 0 Å². The van der Waals surface area contributed by atoms with E-state index in [1.165, 1.54) is 21.1 Å². The van der Waals surface area contributed by atoms with Gasteiger partial charge >= 0.3 is 5.97 Å². The number of fused-ring (bicyclic) bond motifs is 1. The van der Waals surface area contributed by atoms with Crippen LogP contribution in [0.1, 0.15) is 33.5 Å². The number of rotatable bonds is 3. The SMILES string of the molecule is COc1c(OC)c(OC(C)=O)c2c(N)nc(C(C)(C)C)nc2c1Cl. The molecule has 2 aromatic rings. The monoisotopic (exact) mass is 353 g/mol. The second-order valence-electron chi connectivity index (χ2n) is 6.21. The number of hydrogen-bond acceptors (Lipinski definition) is 7. The van der Waals surface area contributed by atoms with Gasteiger partial charge in [-0.1, -0.05) is 32.4 Å². The fraction of sp³-hybridized carbons (Fsp3) is 0.438. The molecule has 0 atom stereocenters. The molecule has 130 valence electrons. The molecule has 1 aromatic heterocycles. The molecule has 7 nitrogen and oxygen atoms in total.